The highest BCUT2D eigenvalue weighted by Crippen LogP contribution is 2.12. The lowest BCUT2D eigenvalue weighted by molar-refractivity contribution is -0.136. The molecule has 1 fully saturated rings. The van der Waals surface area contributed by atoms with Crippen molar-refractivity contribution in [1.82, 2.24) is 10.3 Å². The Hall–Kier alpha value is -0.980. The summed E-state index contributed by atoms with van der Waals surface area (Å²) < 4.78 is 5.49. The van der Waals surface area contributed by atoms with Crippen molar-refractivity contribution < 1.29 is 14.6 Å². The van der Waals surface area contributed by atoms with Gasteiger partial charge in [0.1, 0.15) is 5.01 Å². The van der Waals surface area contributed by atoms with Crippen molar-refractivity contribution in [2.24, 2.45) is 0 Å². The van der Waals surface area contributed by atoms with Crippen LogP contribution in [0, 0.1) is 0 Å². The second-order valence-electron chi connectivity index (χ2n) is 4.07. The lowest BCUT2D eigenvalue weighted by atomic mass is 10.2. The van der Waals surface area contributed by atoms with Crippen LogP contribution in [0.25, 0.3) is 0 Å². The quantitative estimate of drug-likeness (QED) is 0.795. The summed E-state index contributed by atoms with van der Waals surface area (Å²) in [5.74, 6) is -0.839. The van der Waals surface area contributed by atoms with Crippen LogP contribution < -0.4 is 5.32 Å². The minimum atomic E-state index is -0.839. The fourth-order valence-electron chi connectivity index (χ4n) is 1.81. The summed E-state index contributed by atoms with van der Waals surface area (Å²) in [4.78, 5) is 14.7. The van der Waals surface area contributed by atoms with Gasteiger partial charge in [0.2, 0.25) is 0 Å². The maximum atomic E-state index is 10.5. The molecule has 17 heavy (non-hydrogen) atoms. The molecule has 1 aromatic rings. The summed E-state index contributed by atoms with van der Waals surface area (Å²) in [6, 6.07) is 0. The minimum Gasteiger partial charge on any atom is -0.481 e. The molecule has 5 nitrogen and oxygen atoms in total. The van der Waals surface area contributed by atoms with E-state index in [4.69, 9.17) is 9.84 Å². The average molecular weight is 256 g/mol. The molecule has 1 unspecified atom stereocenters. The number of thiazole rings is 1. The van der Waals surface area contributed by atoms with Crippen molar-refractivity contribution in [3.63, 3.8) is 0 Å². The predicted molar refractivity (Wildman–Crippen MR) is 64.1 cm³/mol. The number of aromatic nitrogens is 1. The fourth-order valence-corrected chi connectivity index (χ4v) is 2.58. The summed E-state index contributed by atoms with van der Waals surface area (Å²) >= 11 is 1.50. The van der Waals surface area contributed by atoms with Crippen LogP contribution in [0.15, 0.2) is 5.38 Å². The van der Waals surface area contributed by atoms with Gasteiger partial charge in [0, 0.05) is 25.1 Å². The zero-order valence-electron chi connectivity index (χ0n) is 9.52. The van der Waals surface area contributed by atoms with E-state index in [9.17, 15) is 4.79 Å². The van der Waals surface area contributed by atoms with Gasteiger partial charge in [0.05, 0.1) is 18.2 Å². The number of nitrogens with one attached hydrogen (secondary N) is 1. The molecular weight excluding hydrogens is 240 g/mol. The molecule has 1 aromatic heterocycles. The Morgan fingerprint density at radius 1 is 1.71 bits per heavy atom. The number of rotatable bonds is 6. The molecule has 2 N–H and O–H groups in total. The van der Waals surface area contributed by atoms with Gasteiger partial charge in [-0.25, -0.2) is 4.98 Å². The summed E-state index contributed by atoms with van der Waals surface area (Å²) in [6.07, 6.45) is 2.59. The van der Waals surface area contributed by atoms with Crippen LogP contribution in [0.5, 0.6) is 0 Å². The van der Waals surface area contributed by atoms with E-state index in [-0.39, 0.29) is 6.42 Å². The normalized spacial score (nSPS) is 19.6. The Morgan fingerprint density at radius 2 is 2.59 bits per heavy atom. The molecule has 0 radical (unpaired) electrons. The summed E-state index contributed by atoms with van der Waals surface area (Å²) in [5, 5.41) is 14.6. The van der Waals surface area contributed by atoms with Gasteiger partial charge in [0.25, 0.3) is 0 Å². The van der Waals surface area contributed by atoms with Crippen molar-refractivity contribution in [3.05, 3.63) is 16.1 Å². The Kier molecular flexibility index (Phi) is 4.47. The number of hydrogen-bond donors (Lipinski definition) is 2. The van der Waals surface area contributed by atoms with Crippen molar-refractivity contribution >= 4 is 17.3 Å². The molecule has 2 rings (SSSR count). The number of nitrogens with zero attached hydrogens (tertiary/aromatic N) is 1. The second kappa shape index (κ2) is 6.09. The Balaban J connectivity index is 1.71. The SMILES string of the molecule is O=C(O)Cc1csc(CNCC2CCCO2)n1. The predicted octanol–water partition coefficient (Wildman–Crippen LogP) is 1.04. The van der Waals surface area contributed by atoms with Crippen LogP contribution in [0.1, 0.15) is 23.5 Å². The smallest absolute Gasteiger partial charge is 0.309 e. The van der Waals surface area contributed by atoms with E-state index in [2.05, 4.69) is 10.3 Å². The van der Waals surface area contributed by atoms with Crippen LogP contribution in [0.4, 0.5) is 0 Å². The topological polar surface area (TPSA) is 71.5 Å². The highest BCUT2D eigenvalue weighted by molar-refractivity contribution is 7.09. The lowest BCUT2D eigenvalue weighted by Gasteiger charge is -2.09. The van der Waals surface area contributed by atoms with Gasteiger partial charge in [-0.05, 0) is 12.8 Å². The summed E-state index contributed by atoms with van der Waals surface area (Å²) in [7, 11) is 0. The number of carboxylic acid groups (broad SMARTS) is 1. The monoisotopic (exact) mass is 256 g/mol. The van der Waals surface area contributed by atoms with E-state index in [1.54, 1.807) is 5.38 Å². The molecule has 0 aromatic carbocycles. The van der Waals surface area contributed by atoms with Gasteiger partial charge in [-0.1, -0.05) is 0 Å². The molecule has 1 saturated heterocycles. The summed E-state index contributed by atoms with van der Waals surface area (Å²) in [6.45, 7) is 2.39. The van der Waals surface area contributed by atoms with Crippen LogP contribution in [-0.2, 0) is 22.5 Å². The maximum Gasteiger partial charge on any atom is 0.309 e. The molecule has 0 spiro atoms. The molecule has 1 aliphatic heterocycles. The molecule has 0 saturated carbocycles. The molecular formula is C11H16N2O3S. The molecule has 1 aliphatic rings. The molecule has 1 atom stereocenters. The number of carboxylic acids is 1. The molecule has 2 heterocycles. The van der Waals surface area contributed by atoms with Gasteiger partial charge in [-0.2, -0.15) is 0 Å². The molecule has 94 valence electrons. The van der Waals surface area contributed by atoms with Gasteiger partial charge >= 0.3 is 5.97 Å². The number of carbonyl (C=O) groups is 1. The van der Waals surface area contributed by atoms with E-state index in [0.717, 1.165) is 31.0 Å². The van der Waals surface area contributed by atoms with Crippen molar-refractivity contribution in [3.8, 4) is 0 Å². The van der Waals surface area contributed by atoms with Gasteiger partial charge in [0.15, 0.2) is 0 Å². The Morgan fingerprint density at radius 3 is 3.29 bits per heavy atom. The number of hydrogen-bond acceptors (Lipinski definition) is 5. The van der Waals surface area contributed by atoms with Crippen molar-refractivity contribution in [1.29, 1.82) is 0 Å². The standard InChI is InChI=1S/C11H16N2O3S/c14-11(15)4-8-7-17-10(13-8)6-12-5-9-2-1-3-16-9/h7,9,12H,1-6H2,(H,14,15). The average Bonchev–Trinajstić information content (AvgIpc) is 2.89. The fraction of sp³-hybridized carbons (Fsp3) is 0.636. The van der Waals surface area contributed by atoms with Crippen molar-refractivity contribution in [2.45, 2.75) is 31.9 Å². The molecule has 0 bridgehead atoms. The molecule has 0 amide bonds. The number of ether oxygens (including phenoxy) is 1. The molecule has 0 aliphatic carbocycles. The zero-order valence-corrected chi connectivity index (χ0v) is 10.3. The highest BCUT2D eigenvalue weighted by atomic mass is 32.1. The van der Waals surface area contributed by atoms with Gasteiger partial charge < -0.3 is 15.2 Å². The lowest BCUT2D eigenvalue weighted by Crippen LogP contribution is -2.25. The van der Waals surface area contributed by atoms with E-state index >= 15 is 0 Å². The number of aliphatic carboxylic acids is 1. The Labute approximate surface area is 104 Å². The van der Waals surface area contributed by atoms with Crippen LogP contribution >= 0.6 is 11.3 Å². The zero-order chi connectivity index (χ0) is 12.1. The van der Waals surface area contributed by atoms with Crippen LogP contribution in [0.2, 0.25) is 0 Å². The van der Waals surface area contributed by atoms with E-state index < -0.39 is 5.97 Å². The largest absolute Gasteiger partial charge is 0.481 e. The highest BCUT2D eigenvalue weighted by Gasteiger charge is 2.14. The maximum absolute atomic E-state index is 10.5. The third kappa shape index (κ3) is 4.07. The first-order chi connectivity index (χ1) is 8.24. The first-order valence-electron chi connectivity index (χ1n) is 5.71. The van der Waals surface area contributed by atoms with Crippen LogP contribution in [-0.4, -0.2) is 35.3 Å². The minimum absolute atomic E-state index is 0.00222. The van der Waals surface area contributed by atoms with E-state index in [0.29, 0.717) is 18.3 Å². The Bertz CT molecular complexity index is 375. The first kappa shape index (κ1) is 12.5. The van der Waals surface area contributed by atoms with Crippen LogP contribution in [0.3, 0.4) is 0 Å². The van der Waals surface area contributed by atoms with Gasteiger partial charge in [-0.15, -0.1) is 11.3 Å². The summed E-state index contributed by atoms with van der Waals surface area (Å²) in [5.41, 5.74) is 0.636. The van der Waals surface area contributed by atoms with E-state index in [1.807, 2.05) is 0 Å². The van der Waals surface area contributed by atoms with Gasteiger partial charge in [-0.3, -0.25) is 4.79 Å². The third-order valence-electron chi connectivity index (χ3n) is 2.60. The third-order valence-corrected chi connectivity index (χ3v) is 3.50. The molecule has 6 heteroatoms. The van der Waals surface area contributed by atoms with E-state index in [1.165, 1.54) is 11.3 Å². The van der Waals surface area contributed by atoms with Crippen molar-refractivity contribution in [2.75, 3.05) is 13.2 Å². The second-order valence-corrected chi connectivity index (χ2v) is 5.01. The first-order valence-corrected chi connectivity index (χ1v) is 6.59.